The van der Waals surface area contributed by atoms with Gasteiger partial charge in [0, 0.05) is 47.4 Å². The van der Waals surface area contributed by atoms with Crippen LogP contribution in [0.15, 0.2) is 115 Å². The summed E-state index contributed by atoms with van der Waals surface area (Å²) < 4.78 is 6.93. The van der Waals surface area contributed by atoms with Crippen LogP contribution in [0.3, 0.4) is 0 Å². The average molecular weight is 590 g/mol. The van der Waals surface area contributed by atoms with Gasteiger partial charge in [-0.25, -0.2) is 0 Å². The van der Waals surface area contributed by atoms with Gasteiger partial charge >= 0.3 is 0 Å². The van der Waals surface area contributed by atoms with E-state index in [0.717, 1.165) is 60.4 Å². The predicted octanol–water partition coefficient (Wildman–Crippen LogP) is 9.86. The van der Waals surface area contributed by atoms with Crippen LogP contribution in [0.2, 0.25) is 0 Å². The molecule has 6 heteroatoms. The number of hydrogen-bond acceptors (Lipinski definition) is 4. The molecule has 3 aromatic heterocycles. The van der Waals surface area contributed by atoms with Gasteiger partial charge in [-0.1, -0.05) is 24.3 Å². The van der Waals surface area contributed by atoms with Gasteiger partial charge in [-0.2, -0.15) is 15.8 Å². The number of benzene rings is 6. The minimum absolute atomic E-state index is 0.584. The Labute approximate surface area is 260 Å². The van der Waals surface area contributed by atoms with Crippen molar-refractivity contribution in [3.63, 3.8) is 0 Å². The Morgan fingerprint density at radius 2 is 1.02 bits per heavy atom. The lowest BCUT2D eigenvalue weighted by atomic mass is 10.1. The first-order valence-electron chi connectivity index (χ1n) is 14.4. The highest BCUT2D eigenvalue weighted by molar-refractivity contribution is 7.25. The molecule has 9 rings (SSSR count). The number of nitrogens with zero attached hydrogens (tertiary/aromatic N) is 5. The summed E-state index contributed by atoms with van der Waals surface area (Å²) in [5.41, 5.74) is 8.02. The van der Waals surface area contributed by atoms with Crippen LogP contribution in [0.25, 0.3) is 75.2 Å². The van der Waals surface area contributed by atoms with Crippen LogP contribution in [0.5, 0.6) is 0 Å². The van der Waals surface area contributed by atoms with Crippen molar-refractivity contribution in [1.29, 1.82) is 15.8 Å². The summed E-state index contributed by atoms with van der Waals surface area (Å²) in [6.07, 6.45) is 0. The smallest absolute Gasteiger partial charge is 0.0991 e. The first-order valence-corrected chi connectivity index (χ1v) is 15.3. The van der Waals surface area contributed by atoms with Crippen LogP contribution in [-0.4, -0.2) is 9.13 Å². The van der Waals surface area contributed by atoms with Crippen molar-refractivity contribution >= 4 is 75.1 Å². The summed E-state index contributed by atoms with van der Waals surface area (Å²) in [4.78, 5) is 0. The number of thiophene rings is 1. The fourth-order valence-electron chi connectivity index (χ4n) is 6.86. The zero-order chi connectivity index (χ0) is 30.2. The first kappa shape index (κ1) is 25.1. The Hall–Kier alpha value is -6.39. The summed E-state index contributed by atoms with van der Waals surface area (Å²) in [5.74, 6) is 0. The molecule has 3 heterocycles. The zero-order valence-electron chi connectivity index (χ0n) is 23.6. The third-order valence-electron chi connectivity index (χ3n) is 8.78. The number of aromatic nitrogens is 2. The lowest BCUT2D eigenvalue weighted by Gasteiger charge is -2.11. The molecule has 0 bridgehead atoms. The molecule has 9 aromatic rings. The van der Waals surface area contributed by atoms with Crippen molar-refractivity contribution in [1.82, 2.24) is 9.13 Å². The monoisotopic (exact) mass is 589 g/mol. The number of para-hydroxylation sites is 1. The van der Waals surface area contributed by atoms with Crippen molar-refractivity contribution in [2.24, 2.45) is 0 Å². The largest absolute Gasteiger partial charge is 0.309 e. The van der Waals surface area contributed by atoms with E-state index < -0.39 is 0 Å². The van der Waals surface area contributed by atoms with Crippen LogP contribution >= 0.6 is 11.3 Å². The molecule has 0 saturated heterocycles. The second kappa shape index (κ2) is 9.30. The molecule has 206 valence electrons. The van der Waals surface area contributed by atoms with E-state index in [2.05, 4.69) is 88.0 Å². The van der Waals surface area contributed by atoms with E-state index >= 15 is 0 Å². The number of nitriles is 3. The molecule has 0 aliphatic carbocycles. The normalized spacial score (nSPS) is 11.5. The maximum absolute atomic E-state index is 9.63. The van der Waals surface area contributed by atoms with Gasteiger partial charge in [0.25, 0.3) is 0 Å². The highest BCUT2D eigenvalue weighted by Crippen LogP contribution is 2.42. The first-order chi connectivity index (χ1) is 22.2. The van der Waals surface area contributed by atoms with Crippen LogP contribution in [0.4, 0.5) is 0 Å². The van der Waals surface area contributed by atoms with Gasteiger partial charge in [0.1, 0.15) is 0 Å². The average Bonchev–Trinajstić information content (AvgIpc) is 3.74. The molecule has 0 radical (unpaired) electrons. The Bertz CT molecular complexity index is 2790. The van der Waals surface area contributed by atoms with E-state index in [-0.39, 0.29) is 0 Å². The van der Waals surface area contributed by atoms with Crippen LogP contribution in [0, 0.1) is 34.0 Å². The van der Waals surface area contributed by atoms with E-state index in [0.29, 0.717) is 16.7 Å². The molecule has 0 N–H and O–H groups in total. The summed E-state index contributed by atoms with van der Waals surface area (Å²) in [6.45, 7) is 0. The second-order valence-corrected chi connectivity index (χ2v) is 12.2. The summed E-state index contributed by atoms with van der Waals surface area (Å²) >= 11 is 1.78. The third-order valence-corrected chi connectivity index (χ3v) is 9.92. The molecule has 0 aliphatic rings. The third kappa shape index (κ3) is 3.51. The summed E-state index contributed by atoms with van der Waals surface area (Å²) in [6, 6.07) is 45.7. The van der Waals surface area contributed by atoms with E-state index in [1.807, 2.05) is 54.6 Å². The van der Waals surface area contributed by atoms with Crippen molar-refractivity contribution in [2.75, 3.05) is 0 Å². The minimum Gasteiger partial charge on any atom is -0.309 e. The molecule has 0 aliphatic heterocycles. The maximum atomic E-state index is 9.63. The molecule has 5 nitrogen and oxygen atoms in total. The van der Waals surface area contributed by atoms with Gasteiger partial charge in [0.05, 0.1) is 62.7 Å². The molecule has 0 unspecified atom stereocenters. The Morgan fingerprint density at radius 1 is 0.444 bits per heavy atom. The fraction of sp³-hybridized carbons (Fsp3) is 0. The Morgan fingerprint density at radius 3 is 1.67 bits per heavy atom. The standard InChI is InChI=1S/C39H19N5S/c40-20-23-10-14-35-28(16-23)27-4-1-2-5-32(27)44(35)36-6-3-7-38-39(36)31-19-26(11-15-37(31)45-38)43-33-12-8-24(21-41)17-29(33)30-18-25(22-42)9-13-34(30)43/h1-19H. The predicted molar refractivity (Wildman–Crippen MR) is 182 cm³/mol. The van der Waals surface area contributed by atoms with E-state index in [1.165, 1.54) is 14.8 Å². The van der Waals surface area contributed by atoms with Crippen molar-refractivity contribution in [3.05, 3.63) is 132 Å². The van der Waals surface area contributed by atoms with Gasteiger partial charge in [-0.3, -0.25) is 0 Å². The quantitative estimate of drug-likeness (QED) is 0.201. The molecule has 0 saturated carbocycles. The van der Waals surface area contributed by atoms with Gasteiger partial charge in [0.2, 0.25) is 0 Å². The van der Waals surface area contributed by atoms with Gasteiger partial charge < -0.3 is 9.13 Å². The summed E-state index contributed by atoms with van der Waals surface area (Å²) in [5, 5.41) is 35.3. The van der Waals surface area contributed by atoms with Crippen molar-refractivity contribution in [3.8, 4) is 29.6 Å². The number of fused-ring (bicyclic) bond motifs is 9. The van der Waals surface area contributed by atoms with Crippen LogP contribution in [0.1, 0.15) is 16.7 Å². The highest BCUT2D eigenvalue weighted by atomic mass is 32.1. The summed E-state index contributed by atoms with van der Waals surface area (Å²) in [7, 11) is 0. The molecule has 45 heavy (non-hydrogen) atoms. The van der Waals surface area contributed by atoms with Crippen molar-refractivity contribution in [2.45, 2.75) is 0 Å². The van der Waals surface area contributed by atoms with Gasteiger partial charge in [-0.15, -0.1) is 11.3 Å². The minimum atomic E-state index is 0.584. The second-order valence-electron chi connectivity index (χ2n) is 11.2. The molecular formula is C39H19N5S. The molecule has 0 amide bonds. The maximum Gasteiger partial charge on any atom is 0.0991 e. The molecule has 0 spiro atoms. The topological polar surface area (TPSA) is 81.2 Å². The van der Waals surface area contributed by atoms with E-state index in [1.54, 1.807) is 11.3 Å². The fourth-order valence-corrected chi connectivity index (χ4v) is 7.97. The lowest BCUT2D eigenvalue weighted by Crippen LogP contribution is -1.95. The van der Waals surface area contributed by atoms with E-state index in [9.17, 15) is 15.8 Å². The molecular weight excluding hydrogens is 571 g/mol. The van der Waals surface area contributed by atoms with Crippen LogP contribution < -0.4 is 0 Å². The zero-order valence-corrected chi connectivity index (χ0v) is 24.4. The number of hydrogen-bond donors (Lipinski definition) is 0. The van der Waals surface area contributed by atoms with Gasteiger partial charge in [-0.05, 0) is 91.0 Å². The SMILES string of the molecule is N#Cc1ccc2c(c1)c1cc(C#N)ccc1n2-c1ccc2sc3cccc(-n4c5ccccc5c5cc(C#N)ccc54)c3c2c1. The van der Waals surface area contributed by atoms with E-state index in [4.69, 9.17) is 0 Å². The lowest BCUT2D eigenvalue weighted by molar-refractivity contribution is 1.18. The van der Waals surface area contributed by atoms with Crippen molar-refractivity contribution < 1.29 is 0 Å². The Balaban J connectivity index is 1.37. The molecule has 0 atom stereocenters. The molecule has 0 fully saturated rings. The highest BCUT2D eigenvalue weighted by Gasteiger charge is 2.19. The number of rotatable bonds is 2. The van der Waals surface area contributed by atoms with Gasteiger partial charge in [0.15, 0.2) is 0 Å². The Kier molecular flexibility index (Phi) is 5.20. The van der Waals surface area contributed by atoms with Crippen LogP contribution in [-0.2, 0) is 0 Å². The molecule has 6 aromatic carbocycles.